The summed E-state index contributed by atoms with van der Waals surface area (Å²) < 4.78 is 0. The van der Waals surface area contributed by atoms with Gasteiger partial charge in [0, 0.05) is 5.56 Å². The van der Waals surface area contributed by atoms with Crippen LogP contribution in [0.1, 0.15) is 30.1 Å². The van der Waals surface area contributed by atoms with Gasteiger partial charge in [-0.15, -0.1) is 11.3 Å². The van der Waals surface area contributed by atoms with Crippen LogP contribution in [0.3, 0.4) is 0 Å². The Labute approximate surface area is 105 Å². The average Bonchev–Trinajstić information content (AvgIpc) is 2.71. The number of nitrogen functional groups attached to an aromatic ring is 1. The van der Waals surface area contributed by atoms with Crippen molar-refractivity contribution in [2.24, 2.45) is 5.92 Å². The number of aryl methyl sites for hydroxylation is 2. The highest BCUT2D eigenvalue weighted by Gasteiger charge is 2.17. The maximum Gasteiger partial charge on any atom is 0.149 e. The van der Waals surface area contributed by atoms with E-state index in [0.29, 0.717) is 11.7 Å². The summed E-state index contributed by atoms with van der Waals surface area (Å²) in [5.74, 6) is 1.17. The minimum Gasteiger partial charge on any atom is -0.382 e. The SMILES string of the molecule is Cc1nc(C)c(-c2[nH]nc(N)c2CC(C)C)s1. The van der Waals surface area contributed by atoms with E-state index in [4.69, 9.17) is 5.73 Å². The quantitative estimate of drug-likeness (QED) is 0.880. The molecule has 2 aromatic rings. The molecule has 92 valence electrons. The fraction of sp³-hybridized carbons (Fsp3) is 0.500. The van der Waals surface area contributed by atoms with Crippen LogP contribution in [0.15, 0.2) is 0 Å². The maximum absolute atomic E-state index is 5.93. The van der Waals surface area contributed by atoms with Crippen LogP contribution >= 0.6 is 11.3 Å². The predicted octanol–water partition coefficient (Wildman–Crippen LogP) is 2.93. The second-order valence-corrected chi connectivity index (χ2v) is 5.91. The Hall–Kier alpha value is -1.36. The molecule has 5 heteroatoms. The van der Waals surface area contributed by atoms with E-state index >= 15 is 0 Å². The van der Waals surface area contributed by atoms with E-state index in [1.807, 2.05) is 13.8 Å². The molecule has 3 N–H and O–H groups in total. The Morgan fingerprint density at radius 1 is 1.35 bits per heavy atom. The summed E-state index contributed by atoms with van der Waals surface area (Å²) in [6, 6.07) is 0. The van der Waals surface area contributed by atoms with Crippen LogP contribution in [-0.2, 0) is 6.42 Å². The smallest absolute Gasteiger partial charge is 0.149 e. The van der Waals surface area contributed by atoms with Gasteiger partial charge in [-0.1, -0.05) is 13.8 Å². The topological polar surface area (TPSA) is 67.6 Å². The standard InChI is InChI=1S/C12H18N4S/c1-6(2)5-9-10(15-16-12(9)13)11-7(3)14-8(4)17-11/h6H,5H2,1-4H3,(H3,13,15,16). The molecule has 2 rings (SSSR count). The summed E-state index contributed by atoms with van der Waals surface area (Å²) in [6.45, 7) is 8.40. The fourth-order valence-corrected chi connectivity index (χ4v) is 2.89. The summed E-state index contributed by atoms with van der Waals surface area (Å²) in [5.41, 5.74) is 9.13. The number of rotatable bonds is 3. The Balaban J connectivity index is 2.48. The normalized spacial score (nSPS) is 11.4. The lowest BCUT2D eigenvalue weighted by atomic mass is 10.0. The first kappa shape index (κ1) is 12.1. The highest BCUT2D eigenvalue weighted by atomic mass is 32.1. The van der Waals surface area contributed by atoms with E-state index in [1.165, 1.54) is 0 Å². The summed E-state index contributed by atoms with van der Waals surface area (Å²) in [4.78, 5) is 5.60. The highest BCUT2D eigenvalue weighted by molar-refractivity contribution is 7.15. The van der Waals surface area contributed by atoms with E-state index in [1.54, 1.807) is 11.3 Å². The van der Waals surface area contributed by atoms with Gasteiger partial charge in [-0.2, -0.15) is 5.10 Å². The van der Waals surface area contributed by atoms with Gasteiger partial charge in [0.05, 0.1) is 21.3 Å². The number of aromatic amines is 1. The average molecular weight is 250 g/mol. The monoisotopic (exact) mass is 250 g/mol. The van der Waals surface area contributed by atoms with Crippen LogP contribution in [0.25, 0.3) is 10.6 Å². The molecule has 0 atom stereocenters. The number of anilines is 1. The first-order chi connectivity index (χ1) is 7.99. The van der Waals surface area contributed by atoms with Gasteiger partial charge < -0.3 is 5.73 Å². The maximum atomic E-state index is 5.93. The van der Waals surface area contributed by atoms with Crippen molar-refractivity contribution < 1.29 is 0 Å². The molecule has 2 aromatic heterocycles. The van der Waals surface area contributed by atoms with E-state index in [9.17, 15) is 0 Å². The zero-order valence-corrected chi connectivity index (χ0v) is 11.5. The molecule has 4 nitrogen and oxygen atoms in total. The van der Waals surface area contributed by atoms with Gasteiger partial charge in [-0.3, -0.25) is 5.10 Å². The second-order valence-electron chi connectivity index (χ2n) is 4.71. The molecule has 0 saturated heterocycles. The van der Waals surface area contributed by atoms with Crippen LogP contribution in [0.2, 0.25) is 0 Å². The molecule has 17 heavy (non-hydrogen) atoms. The molecular weight excluding hydrogens is 232 g/mol. The number of nitrogens with zero attached hydrogens (tertiary/aromatic N) is 2. The van der Waals surface area contributed by atoms with Gasteiger partial charge in [0.1, 0.15) is 5.82 Å². The summed E-state index contributed by atoms with van der Waals surface area (Å²) in [6.07, 6.45) is 0.939. The van der Waals surface area contributed by atoms with Gasteiger partial charge in [-0.05, 0) is 26.2 Å². The molecule has 0 aliphatic carbocycles. The predicted molar refractivity (Wildman–Crippen MR) is 72.1 cm³/mol. The Morgan fingerprint density at radius 3 is 2.59 bits per heavy atom. The Bertz CT molecular complexity index is 525. The number of nitrogens with one attached hydrogen (secondary N) is 1. The molecular formula is C12H18N4S. The van der Waals surface area contributed by atoms with Crippen molar-refractivity contribution in [3.8, 4) is 10.6 Å². The molecule has 0 spiro atoms. The molecule has 0 bridgehead atoms. The van der Waals surface area contributed by atoms with Crippen molar-refractivity contribution in [2.75, 3.05) is 5.73 Å². The first-order valence-corrected chi connectivity index (χ1v) is 6.57. The third-order valence-electron chi connectivity index (χ3n) is 2.64. The fourth-order valence-electron chi connectivity index (χ4n) is 1.95. The minimum absolute atomic E-state index is 0.558. The molecule has 0 aliphatic heterocycles. The van der Waals surface area contributed by atoms with Gasteiger partial charge in [0.15, 0.2) is 0 Å². The molecule has 0 unspecified atom stereocenters. The van der Waals surface area contributed by atoms with Gasteiger partial charge >= 0.3 is 0 Å². The first-order valence-electron chi connectivity index (χ1n) is 5.76. The van der Waals surface area contributed by atoms with Gasteiger partial charge in [0.25, 0.3) is 0 Å². The van der Waals surface area contributed by atoms with Crippen LogP contribution in [0.4, 0.5) is 5.82 Å². The minimum atomic E-state index is 0.558. The number of aromatic nitrogens is 3. The second kappa shape index (κ2) is 4.49. The van der Waals surface area contributed by atoms with Crippen LogP contribution in [-0.4, -0.2) is 15.2 Å². The lowest BCUT2D eigenvalue weighted by molar-refractivity contribution is 0.649. The molecule has 0 aliphatic rings. The molecule has 0 fully saturated rings. The summed E-state index contributed by atoms with van der Waals surface area (Å²) >= 11 is 1.68. The lowest BCUT2D eigenvalue weighted by Crippen LogP contribution is -1.99. The van der Waals surface area contributed by atoms with Crippen LogP contribution in [0.5, 0.6) is 0 Å². The third-order valence-corrected chi connectivity index (χ3v) is 3.73. The van der Waals surface area contributed by atoms with Crippen molar-refractivity contribution in [1.82, 2.24) is 15.2 Å². The van der Waals surface area contributed by atoms with Crippen molar-refractivity contribution >= 4 is 17.2 Å². The van der Waals surface area contributed by atoms with Crippen molar-refractivity contribution in [2.45, 2.75) is 34.1 Å². The largest absolute Gasteiger partial charge is 0.382 e. The van der Waals surface area contributed by atoms with E-state index in [0.717, 1.165) is 33.3 Å². The molecule has 0 radical (unpaired) electrons. The molecule has 0 saturated carbocycles. The van der Waals surface area contributed by atoms with E-state index in [-0.39, 0.29) is 0 Å². The lowest BCUT2D eigenvalue weighted by Gasteiger charge is -2.05. The van der Waals surface area contributed by atoms with E-state index < -0.39 is 0 Å². The molecule has 2 heterocycles. The number of thiazole rings is 1. The van der Waals surface area contributed by atoms with E-state index in [2.05, 4.69) is 29.0 Å². The third kappa shape index (κ3) is 2.34. The number of nitrogens with two attached hydrogens (primary N) is 1. The number of H-pyrrole nitrogens is 1. The summed E-state index contributed by atoms with van der Waals surface area (Å²) in [7, 11) is 0. The van der Waals surface area contributed by atoms with Gasteiger partial charge in [0.2, 0.25) is 0 Å². The van der Waals surface area contributed by atoms with Crippen molar-refractivity contribution in [3.63, 3.8) is 0 Å². The van der Waals surface area contributed by atoms with Crippen molar-refractivity contribution in [3.05, 3.63) is 16.3 Å². The van der Waals surface area contributed by atoms with Gasteiger partial charge in [-0.25, -0.2) is 4.98 Å². The Morgan fingerprint density at radius 2 is 2.06 bits per heavy atom. The van der Waals surface area contributed by atoms with Crippen LogP contribution in [0, 0.1) is 19.8 Å². The number of hydrogen-bond donors (Lipinski definition) is 2. The van der Waals surface area contributed by atoms with Crippen LogP contribution < -0.4 is 5.73 Å². The zero-order valence-electron chi connectivity index (χ0n) is 10.7. The molecule has 0 aromatic carbocycles. The number of hydrogen-bond acceptors (Lipinski definition) is 4. The zero-order chi connectivity index (χ0) is 12.6. The molecule has 0 amide bonds. The van der Waals surface area contributed by atoms with Crippen molar-refractivity contribution in [1.29, 1.82) is 0 Å². The Kier molecular flexibility index (Phi) is 3.19. The summed E-state index contributed by atoms with van der Waals surface area (Å²) in [5, 5.41) is 8.24. The highest BCUT2D eigenvalue weighted by Crippen LogP contribution is 2.33.